The van der Waals surface area contributed by atoms with E-state index in [9.17, 15) is 0 Å². The Hall–Kier alpha value is -5.54. The highest BCUT2D eigenvalue weighted by Crippen LogP contribution is 2.42. The highest BCUT2D eigenvalue weighted by molar-refractivity contribution is 6.21. The number of fused-ring (bicyclic) bond motifs is 8. The topological polar surface area (TPSA) is 23.0 Å². The quantitative estimate of drug-likeness (QED) is 0.225. The molecule has 0 radical (unpaired) electrons. The standard InChI is InChI=1S/C38H24N2O/c1-2-13-26(14-3-1)40-35-23-9-6-18-31(35)36-32-20-11-19-28(37(32)41-38(36)40)25-12-10-15-27(24-25)39-33-21-7-4-16-29(33)30-17-5-8-22-34(30)39/h1-24H. The van der Waals surface area contributed by atoms with E-state index < -0.39 is 0 Å². The lowest BCUT2D eigenvalue weighted by atomic mass is 10.0. The minimum Gasteiger partial charge on any atom is -0.438 e. The van der Waals surface area contributed by atoms with Crippen molar-refractivity contribution in [3.63, 3.8) is 0 Å². The molecule has 192 valence electrons. The van der Waals surface area contributed by atoms with Gasteiger partial charge in [-0.25, -0.2) is 0 Å². The molecule has 9 rings (SSSR count). The van der Waals surface area contributed by atoms with Gasteiger partial charge >= 0.3 is 0 Å². The van der Waals surface area contributed by atoms with E-state index in [2.05, 4.69) is 149 Å². The summed E-state index contributed by atoms with van der Waals surface area (Å²) in [5, 5.41) is 6.00. The summed E-state index contributed by atoms with van der Waals surface area (Å²) in [6, 6.07) is 51.6. The molecule has 3 heteroatoms. The largest absolute Gasteiger partial charge is 0.438 e. The molecule has 0 aliphatic heterocycles. The Morgan fingerprint density at radius 2 is 0.976 bits per heavy atom. The van der Waals surface area contributed by atoms with Crippen LogP contribution in [0.5, 0.6) is 0 Å². The maximum Gasteiger partial charge on any atom is 0.213 e. The number of aromatic nitrogens is 2. The third-order valence-corrected chi connectivity index (χ3v) is 8.32. The first-order chi connectivity index (χ1) is 20.4. The SMILES string of the molecule is c1ccc(-n2c3ccccc3c3c4cccc(-c5cccc(-n6c7ccccc7c7ccccc76)c5)c4oc32)cc1. The fraction of sp³-hybridized carbons (Fsp3) is 0. The van der Waals surface area contributed by atoms with Crippen molar-refractivity contribution in [2.45, 2.75) is 0 Å². The van der Waals surface area contributed by atoms with Crippen LogP contribution in [0.4, 0.5) is 0 Å². The predicted octanol–water partition coefficient (Wildman–Crippen LogP) is 10.3. The zero-order valence-corrected chi connectivity index (χ0v) is 22.2. The third-order valence-electron chi connectivity index (χ3n) is 8.32. The zero-order chi connectivity index (χ0) is 26.9. The molecule has 0 atom stereocenters. The zero-order valence-electron chi connectivity index (χ0n) is 22.2. The lowest BCUT2D eigenvalue weighted by Crippen LogP contribution is -1.94. The van der Waals surface area contributed by atoms with E-state index in [-0.39, 0.29) is 0 Å². The summed E-state index contributed by atoms with van der Waals surface area (Å²) in [5.41, 5.74) is 9.78. The molecule has 0 N–H and O–H groups in total. The second-order valence-corrected chi connectivity index (χ2v) is 10.6. The molecule has 0 unspecified atom stereocenters. The fourth-order valence-electron chi connectivity index (χ4n) is 6.59. The number of nitrogens with zero attached hydrogens (tertiary/aromatic N) is 2. The molecule has 41 heavy (non-hydrogen) atoms. The summed E-state index contributed by atoms with van der Waals surface area (Å²) in [7, 11) is 0. The van der Waals surface area contributed by atoms with Crippen LogP contribution >= 0.6 is 0 Å². The van der Waals surface area contributed by atoms with Crippen LogP contribution in [-0.2, 0) is 0 Å². The van der Waals surface area contributed by atoms with Gasteiger partial charge in [-0.1, -0.05) is 103 Å². The molecule has 0 amide bonds. The molecule has 0 bridgehead atoms. The van der Waals surface area contributed by atoms with Crippen LogP contribution in [-0.4, -0.2) is 9.13 Å². The maximum atomic E-state index is 6.84. The second kappa shape index (κ2) is 8.48. The van der Waals surface area contributed by atoms with Gasteiger partial charge in [0.15, 0.2) is 0 Å². The van der Waals surface area contributed by atoms with Gasteiger partial charge in [-0.2, -0.15) is 0 Å². The highest BCUT2D eigenvalue weighted by atomic mass is 16.3. The number of hydrogen-bond donors (Lipinski definition) is 0. The number of benzene rings is 6. The molecule has 0 aliphatic carbocycles. The second-order valence-electron chi connectivity index (χ2n) is 10.6. The Labute approximate surface area is 236 Å². The monoisotopic (exact) mass is 524 g/mol. The Balaban J connectivity index is 1.31. The fourth-order valence-corrected chi connectivity index (χ4v) is 6.59. The van der Waals surface area contributed by atoms with E-state index in [0.717, 1.165) is 50.1 Å². The van der Waals surface area contributed by atoms with Gasteiger partial charge in [-0.3, -0.25) is 4.57 Å². The highest BCUT2D eigenvalue weighted by Gasteiger charge is 2.21. The van der Waals surface area contributed by atoms with Gasteiger partial charge in [0.2, 0.25) is 5.71 Å². The van der Waals surface area contributed by atoms with Crippen molar-refractivity contribution in [1.82, 2.24) is 9.13 Å². The van der Waals surface area contributed by atoms with Gasteiger partial charge in [0.1, 0.15) is 5.58 Å². The molecule has 0 saturated carbocycles. The van der Waals surface area contributed by atoms with Crippen molar-refractivity contribution in [3.05, 3.63) is 146 Å². The first-order valence-corrected chi connectivity index (χ1v) is 14.0. The van der Waals surface area contributed by atoms with Crippen LogP contribution in [0.25, 0.3) is 77.3 Å². The molecule has 3 aromatic heterocycles. The van der Waals surface area contributed by atoms with E-state index in [4.69, 9.17) is 4.42 Å². The van der Waals surface area contributed by atoms with Crippen LogP contribution in [0, 0.1) is 0 Å². The smallest absolute Gasteiger partial charge is 0.213 e. The van der Waals surface area contributed by atoms with Gasteiger partial charge in [0.25, 0.3) is 0 Å². The van der Waals surface area contributed by atoms with Crippen LogP contribution < -0.4 is 0 Å². The van der Waals surface area contributed by atoms with Crippen molar-refractivity contribution in [3.8, 4) is 22.5 Å². The molecular weight excluding hydrogens is 500 g/mol. The Kier molecular flexibility index (Phi) is 4.61. The number of hydrogen-bond acceptors (Lipinski definition) is 1. The van der Waals surface area contributed by atoms with Gasteiger partial charge in [-0.15, -0.1) is 0 Å². The molecular formula is C38H24N2O. The van der Waals surface area contributed by atoms with Gasteiger partial charge in [0, 0.05) is 38.5 Å². The first-order valence-electron chi connectivity index (χ1n) is 14.0. The van der Waals surface area contributed by atoms with E-state index >= 15 is 0 Å². The Morgan fingerprint density at radius 1 is 0.415 bits per heavy atom. The normalized spacial score (nSPS) is 11.9. The van der Waals surface area contributed by atoms with Crippen molar-refractivity contribution >= 4 is 54.8 Å². The van der Waals surface area contributed by atoms with Crippen molar-refractivity contribution in [1.29, 1.82) is 0 Å². The number of rotatable bonds is 3. The van der Waals surface area contributed by atoms with E-state index in [1.54, 1.807) is 0 Å². The molecule has 0 fully saturated rings. The number of para-hydroxylation sites is 5. The average molecular weight is 525 g/mol. The van der Waals surface area contributed by atoms with Crippen LogP contribution in [0.1, 0.15) is 0 Å². The summed E-state index contributed by atoms with van der Waals surface area (Å²) >= 11 is 0. The molecule has 6 aromatic carbocycles. The van der Waals surface area contributed by atoms with Crippen molar-refractivity contribution < 1.29 is 4.42 Å². The van der Waals surface area contributed by atoms with E-state index in [0.29, 0.717) is 0 Å². The summed E-state index contributed by atoms with van der Waals surface area (Å²) in [5.74, 6) is 0. The molecule has 0 aliphatic rings. The van der Waals surface area contributed by atoms with Gasteiger partial charge in [-0.05, 0) is 48.0 Å². The minimum absolute atomic E-state index is 0.874. The third kappa shape index (κ3) is 3.14. The molecule has 0 spiro atoms. The van der Waals surface area contributed by atoms with E-state index in [1.165, 1.54) is 27.2 Å². The Bertz CT molecular complexity index is 2370. The maximum absolute atomic E-state index is 6.84. The van der Waals surface area contributed by atoms with Crippen LogP contribution in [0.15, 0.2) is 150 Å². The van der Waals surface area contributed by atoms with Crippen LogP contribution in [0.3, 0.4) is 0 Å². The van der Waals surface area contributed by atoms with Gasteiger partial charge < -0.3 is 8.98 Å². The van der Waals surface area contributed by atoms with Crippen molar-refractivity contribution in [2.24, 2.45) is 0 Å². The average Bonchev–Trinajstić information content (AvgIpc) is 3.68. The van der Waals surface area contributed by atoms with E-state index in [1.807, 2.05) is 6.07 Å². The molecule has 0 saturated heterocycles. The lowest BCUT2D eigenvalue weighted by molar-refractivity contribution is 0.646. The first kappa shape index (κ1) is 22.3. The minimum atomic E-state index is 0.874. The summed E-state index contributed by atoms with van der Waals surface area (Å²) in [6.07, 6.45) is 0. The molecule has 3 nitrogen and oxygen atoms in total. The van der Waals surface area contributed by atoms with Crippen LogP contribution in [0.2, 0.25) is 0 Å². The number of furan rings is 1. The summed E-state index contributed by atoms with van der Waals surface area (Å²) in [6.45, 7) is 0. The van der Waals surface area contributed by atoms with Crippen molar-refractivity contribution in [2.75, 3.05) is 0 Å². The summed E-state index contributed by atoms with van der Waals surface area (Å²) < 4.78 is 11.4. The lowest BCUT2D eigenvalue weighted by Gasteiger charge is -2.11. The molecule has 9 aromatic rings. The van der Waals surface area contributed by atoms with Gasteiger partial charge in [0.05, 0.1) is 21.9 Å². The Morgan fingerprint density at radius 3 is 1.71 bits per heavy atom. The predicted molar refractivity (Wildman–Crippen MR) is 170 cm³/mol. The molecule has 3 heterocycles. The summed E-state index contributed by atoms with van der Waals surface area (Å²) in [4.78, 5) is 0.